The van der Waals surface area contributed by atoms with Crippen molar-refractivity contribution in [1.29, 1.82) is 0 Å². The summed E-state index contributed by atoms with van der Waals surface area (Å²) in [5, 5.41) is 5.47. The van der Waals surface area contributed by atoms with Crippen LogP contribution in [0.1, 0.15) is 52.4 Å². The molecule has 1 rings (SSSR count). The molecular weight excluding hydrogens is 258 g/mol. The molecule has 0 aromatic rings. The molecule has 0 heterocycles. The van der Waals surface area contributed by atoms with Crippen molar-refractivity contribution in [1.82, 2.24) is 10.6 Å². The van der Waals surface area contributed by atoms with E-state index in [1.165, 1.54) is 13.3 Å². The minimum absolute atomic E-state index is 0.0806. The van der Waals surface area contributed by atoms with E-state index in [4.69, 9.17) is 5.73 Å². The number of carbonyl (C=O) groups is 3. The Bertz CT molecular complexity index is 372. The van der Waals surface area contributed by atoms with Gasteiger partial charge < -0.3 is 16.4 Å². The quantitative estimate of drug-likeness (QED) is 0.603. The lowest BCUT2D eigenvalue weighted by molar-refractivity contribution is -0.129. The first-order valence-electron chi connectivity index (χ1n) is 7.22. The highest BCUT2D eigenvalue weighted by atomic mass is 16.2. The number of carbonyl (C=O) groups excluding carboxylic acids is 3. The van der Waals surface area contributed by atoms with E-state index in [2.05, 4.69) is 17.6 Å². The standard InChI is InChI=1S/C14H25N3O3/c1-3-14(7-4-8-14)9-16-13(20)11(17-10(2)18)5-6-12(15)19/h11H,3-9H2,1-2H3,(H2,15,19)(H,16,20)(H,17,18)/t11-/m0/s1. The van der Waals surface area contributed by atoms with E-state index in [0.29, 0.717) is 6.54 Å². The summed E-state index contributed by atoms with van der Waals surface area (Å²) in [4.78, 5) is 34.0. The molecule has 0 spiro atoms. The van der Waals surface area contributed by atoms with Crippen molar-refractivity contribution in [3.05, 3.63) is 0 Å². The number of nitrogens with one attached hydrogen (secondary N) is 2. The Labute approximate surface area is 119 Å². The summed E-state index contributed by atoms with van der Waals surface area (Å²) in [6, 6.07) is -0.686. The van der Waals surface area contributed by atoms with Crippen molar-refractivity contribution in [2.45, 2.75) is 58.4 Å². The second-order valence-electron chi connectivity index (χ2n) is 5.68. The minimum Gasteiger partial charge on any atom is -0.370 e. The second-order valence-corrected chi connectivity index (χ2v) is 5.68. The molecule has 0 bridgehead atoms. The Morgan fingerprint density at radius 2 is 1.95 bits per heavy atom. The zero-order valence-corrected chi connectivity index (χ0v) is 12.3. The fourth-order valence-corrected chi connectivity index (χ4v) is 2.53. The molecule has 1 aliphatic carbocycles. The molecule has 0 aromatic heterocycles. The van der Waals surface area contributed by atoms with Crippen molar-refractivity contribution in [2.75, 3.05) is 6.54 Å². The van der Waals surface area contributed by atoms with Crippen LogP contribution >= 0.6 is 0 Å². The first-order chi connectivity index (χ1) is 9.38. The Kier molecular flexibility index (Phi) is 5.98. The van der Waals surface area contributed by atoms with Gasteiger partial charge in [0.15, 0.2) is 0 Å². The maximum absolute atomic E-state index is 12.1. The van der Waals surface area contributed by atoms with Crippen LogP contribution < -0.4 is 16.4 Å². The third kappa shape index (κ3) is 4.83. The van der Waals surface area contributed by atoms with E-state index in [9.17, 15) is 14.4 Å². The van der Waals surface area contributed by atoms with Crippen molar-refractivity contribution < 1.29 is 14.4 Å². The second kappa shape index (κ2) is 7.26. The number of amides is 3. The van der Waals surface area contributed by atoms with E-state index in [1.807, 2.05) is 0 Å². The van der Waals surface area contributed by atoms with Crippen molar-refractivity contribution in [3.8, 4) is 0 Å². The topological polar surface area (TPSA) is 101 Å². The number of primary amides is 1. The molecule has 0 radical (unpaired) electrons. The summed E-state index contributed by atoms with van der Waals surface area (Å²) >= 11 is 0. The molecular formula is C14H25N3O3. The molecule has 114 valence electrons. The van der Waals surface area contributed by atoms with Gasteiger partial charge in [-0.05, 0) is 31.1 Å². The Balaban J connectivity index is 2.49. The van der Waals surface area contributed by atoms with Crippen LogP contribution in [0.15, 0.2) is 0 Å². The molecule has 0 aromatic carbocycles. The fraction of sp³-hybridized carbons (Fsp3) is 0.786. The van der Waals surface area contributed by atoms with Gasteiger partial charge in [-0.3, -0.25) is 14.4 Å². The molecule has 1 fully saturated rings. The Morgan fingerprint density at radius 1 is 1.30 bits per heavy atom. The van der Waals surface area contributed by atoms with Crippen LogP contribution in [-0.2, 0) is 14.4 Å². The minimum atomic E-state index is -0.686. The van der Waals surface area contributed by atoms with Gasteiger partial charge in [-0.1, -0.05) is 13.3 Å². The van der Waals surface area contributed by atoms with Gasteiger partial charge in [-0.2, -0.15) is 0 Å². The summed E-state index contributed by atoms with van der Waals surface area (Å²) in [6.07, 6.45) is 4.84. The zero-order valence-electron chi connectivity index (χ0n) is 12.3. The van der Waals surface area contributed by atoms with Crippen LogP contribution in [0.4, 0.5) is 0 Å². The molecule has 4 N–H and O–H groups in total. The third-order valence-corrected chi connectivity index (χ3v) is 4.18. The highest BCUT2D eigenvalue weighted by molar-refractivity contribution is 5.87. The van der Waals surface area contributed by atoms with Gasteiger partial charge in [0, 0.05) is 19.9 Å². The van der Waals surface area contributed by atoms with E-state index in [1.54, 1.807) is 0 Å². The predicted octanol–water partition coefficient (Wildman–Crippen LogP) is 0.453. The van der Waals surface area contributed by atoms with Gasteiger partial charge in [0.05, 0.1) is 0 Å². The van der Waals surface area contributed by atoms with Gasteiger partial charge in [-0.25, -0.2) is 0 Å². The van der Waals surface area contributed by atoms with E-state index in [-0.39, 0.29) is 30.1 Å². The highest BCUT2D eigenvalue weighted by Gasteiger charge is 2.35. The lowest BCUT2D eigenvalue weighted by Crippen LogP contribution is -2.50. The number of hydrogen-bond acceptors (Lipinski definition) is 3. The van der Waals surface area contributed by atoms with Gasteiger partial charge in [0.2, 0.25) is 17.7 Å². The Hall–Kier alpha value is -1.59. The largest absolute Gasteiger partial charge is 0.370 e. The fourth-order valence-electron chi connectivity index (χ4n) is 2.53. The maximum atomic E-state index is 12.1. The predicted molar refractivity (Wildman–Crippen MR) is 75.6 cm³/mol. The van der Waals surface area contributed by atoms with Gasteiger partial charge >= 0.3 is 0 Å². The van der Waals surface area contributed by atoms with Crippen LogP contribution in [-0.4, -0.2) is 30.3 Å². The normalized spacial score (nSPS) is 17.7. The lowest BCUT2D eigenvalue weighted by Gasteiger charge is -2.41. The average Bonchev–Trinajstić information content (AvgIpc) is 2.32. The van der Waals surface area contributed by atoms with Gasteiger partial charge in [0.1, 0.15) is 6.04 Å². The maximum Gasteiger partial charge on any atom is 0.242 e. The SMILES string of the molecule is CCC1(CNC(=O)[C@H](CCC(N)=O)NC(C)=O)CCC1. The van der Waals surface area contributed by atoms with Crippen molar-refractivity contribution in [3.63, 3.8) is 0 Å². The summed E-state index contributed by atoms with van der Waals surface area (Å²) in [5.41, 5.74) is 5.31. The molecule has 0 saturated heterocycles. The van der Waals surface area contributed by atoms with Crippen LogP contribution in [0.5, 0.6) is 0 Å². The van der Waals surface area contributed by atoms with Crippen molar-refractivity contribution >= 4 is 17.7 Å². The number of hydrogen-bond donors (Lipinski definition) is 3. The molecule has 1 saturated carbocycles. The summed E-state index contributed by atoms with van der Waals surface area (Å²) in [6.45, 7) is 4.11. The summed E-state index contributed by atoms with van der Waals surface area (Å²) in [5.74, 6) is -0.998. The molecule has 20 heavy (non-hydrogen) atoms. The van der Waals surface area contributed by atoms with E-state index < -0.39 is 11.9 Å². The van der Waals surface area contributed by atoms with Gasteiger partial charge in [0.25, 0.3) is 0 Å². The van der Waals surface area contributed by atoms with Crippen LogP contribution in [0.3, 0.4) is 0 Å². The van der Waals surface area contributed by atoms with Gasteiger partial charge in [-0.15, -0.1) is 0 Å². The molecule has 3 amide bonds. The molecule has 6 heteroatoms. The third-order valence-electron chi connectivity index (χ3n) is 4.18. The smallest absolute Gasteiger partial charge is 0.242 e. The first-order valence-corrected chi connectivity index (χ1v) is 7.22. The highest BCUT2D eigenvalue weighted by Crippen LogP contribution is 2.43. The Morgan fingerprint density at radius 3 is 2.35 bits per heavy atom. The molecule has 0 unspecified atom stereocenters. The summed E-state index contributed by atoms with van der Waals surface area (Å²) in [7, 11) is 0. The molecule has 1 atom stereocenters. The number of rotatable bonds is 8. The van der Waals surface area contributed by atoms with E-state index >= 15 is 0 Å². The lowest BCUT2D eigenvalue weighted by atomic mass is 9.67. The van der Waals surface area contributed by atoms with Crippen LogP contribution in [0, 0.1) is 5.41 Å². The molecule has 0 aliphatic heterocycles. The van der Waals surface area contributed by atoms with E-state index in [0.717, 1.165) is 19.3 Å². The zero-order chi connectivity index (χ0) is 15.2. The monoisotopic (exact) mass is 283 g/mol. The first kappa shape index (κ1) is 16.5. The summed E-state index contributed by atoms with van der Waals surface area (Å²) < 4.78 is 0. The molecule has 6 nitrogen and oxygen atoms in total. The van der Waals surface area contributed by atoms with Crippen molar-refractivity contribution in [2.24, 2.45) is 11.1 Å². The average molecular weight is 283 g/mol. The number of nitrogens with two attached hydrogens (primary N) is 1. The molecule has 1 aliphatic rings. The van der Waals surface area contributed by atoms with Crippen LogP contribution in [0.25, 0.3) is 0 Å². The van der Waals surface area contributed by atoms with Crippen LogP contribution in [0.2, 0.25) is 0 Å².